The van der Waals surface area contributed by atoms with Crippen molar-refractivity contribution in [3.8, 4) is 11.3 Å². The molecule has 1 saturated carbocycles. The van der Waals surface area contributed by atoms with Crippen molar-refractivity contribution in [1.82, 2.24) is 9.97 Å². The molecule has 1 aliphatic rings. The van der Waals surface area contributed by atoms with Gasteiger partial charge in [0.1, 0.15) is 17.5 Å². The van der Waals surface area contributed by atoms with Gasteiger partial charge in [-0.05, 0) is 50.5 Å². The average molecular weight is 271 g/mol. The normalized spacial score (nSPS) is 14.4. The van der Waals surface area contributed by atoms with Crippen LogP contribution < -0.4 is 5.32 Å². The molecule has 104 valence electrons. The van der Waals surface area contributed by atoms with E-state index >= 15 is 0 Å². The lowest BCUT2D eigenvalue weighted by molar-refractivity contribution is 0.618. The van der Waals surface area contributed by atoms with Crippen LogP contribution >= 0.6 is 0 Å². The van der Waals surface area contributed by atoms with Gasteiger partial charge in [-0.25, -0.2) is 14.4 Å². The van der Waals surface area contributed by atoms with Crippen LogP contribution in [-0.2, 0) is 0 Å². The second-order valence-corrected chi connectivity index (χ2v) is 5.39. The zero-order valence-electron chi connectivity index (χ0n) is 12.0. The molecule has 4 heteroatoms. The predicted molar refractivity (Wildman–Crippen MR) is 78.4 cm³/mol. The largest absolute Gasteiger partial charge is 0.373 e. The Hall–Kier alpha value is -1.97. The Morgan fingerprint density at radius 1 is 1.20 bits per heavy atom. The van der Waals surface area contributed by atoms with Crippen LogP contribution in [0.15, 0.2) is 18.2 Å². The molecule has 20 heavy (non-hydrogen) atoms. The van der Waals surface area contributed by atoms with Crippen LogP contribution in [0.25, 0.3) is 11.3 Å². The molecule has 0 radical (unpaired) electrons. The van der Waals surface area contributed by atoms with E-state index in [-0.39, 0.29) is 5.82 Å². The molecule has 3 rings (SSSR count). The first kappa shape index (κ1) is 13.0. The first-order chi connectivity index (χ1) is 9.60. The lowest BCUT2D eigenvalue weighted by atomic mass is 10.0. The molecule has 0 bridgehead atoms. The highest BCUT2D eigenvalue weighted by molar-refractivity contribution is 5.68. The molecule has 0 atom stereocenters. The fourth-order valence-corrected chi connectivity index (χ4v) is 2.37. The summed E-state index contributed by atoms with van der Waals surface area (Å²) in [5, 5.41) is 3.13. The predicted octanol–water partition coefficient (Wildman–Crippen LogP) is 3.82. The summed E-state index contributed by atoms with van der Waals surface area (Å²) in [6.07, 6.45) is 2.32. The van der Waals surface area contributed by atoms with Crippen LogP contribution in [0, 0.1) is 19.7 Å². The molecule has 1 heterocycles. The third kappa shape index (κ3) is 2.26. The number of hydrogen-bond acceptors (Lipinski definition) is 3. The smallest absolute Gasteiger partial charge is 0.134 e. The highest BCUT2D eigenvalue weighted by Gasteiger charge is 2.28. The van der Waals surface area contributed by atoms with Crippen molar-refractivity contribution in [2.75, 3.05) is 12.4 Å². The van der Waals surface area contributed by atoms with Crippen LogP contribution in [0.1, 0.15) is 35.7 Å². The van der Waals surface area contributed by atoms with Gasteiger partial charge in [0, 0.05) is 24.1 Å². The second kappa shape index (κ2) is 4.85. The molecule has 0 saturated heterocycles. The zero-order valence-corrected chi connectivity index (χ0v) is 12.0. The maximum Gasteiger partial charge on any atom is 0.134 e. The Kier molecular flexibility index (Phi) is 3.16. The average Bonchev–Trinajstić information content (AvgIpc) is 3.27. The lowest BCUT2D eigenvalue weighted by Gasteiger charge is -2.12. The number of benzene rings is 1. The van der Waals surface area contributed by atoms with Crippen LogP contribution in [-0.4, -0.2) is 17.0 Å². The van der Waals surface area contributed by atoms with Gasteiger partial charge in [-0.3, -0.25) is 0 Å². The minimum absolute atomic E-state index is 0.184. The molecule has 0 aliphatic heterocycles. The Bertz CT molecular complexity index is 663. The Labute approximate surface area is 118 Å². The molecule has 0 amide bonds. The maximum atomic E-state index is 13.4. The lowest BCUT2D eigenvalue weighted by Crippen LogP contribution is -2.04. The number of rotatable bonds is 3. The molecule has 3 nitrogen and oxygen atoms in total. The molecule has 1 N–H and O–H groups in total. The van der Waals surface area contributed by atoms with Crippen molar-refractivity contribution in [1.29, 1.82) is 0 Å². The molecule has 2 aromatic rings. The highest BCUT2D eigenvalue weighted by Crippen LogP contribution is 2.40. The summed E-state index contributed by atoms with van der Waals surface area (Å²) in [7, 11) is 1.87. The monoisotopic (exact) mass is 271 g/mol. The first-order valence-corrected chi connectivity index (χ1v) is 6.93. The van der Waals surface area contributed by atoms with Crippen molar-refractivity contribution in [2.45, 2.75) is 32.6 Å². The van der Waals surface area contributed by atoms with Crippen LogP contribution in [0.5, 0.6) is 0 Å². The summed E-state index contributed by atoms with van der Waals surface area (Å²) in [5.74, 6) is 2.07. The van der Waals surface area contributed by atoms with E-state index in [9.17, 15) is 4.39 Å². The third-order valence-corrected chi connectivity index (χ3v) is 3.77. The minimum atomic E-state index is -0.184. The summed E-state index contributed by atoms with van der Waals surface area (Å²) in [6.45, 7) is 3.77. The fraction of sp³-hybridized carbons (Fsp3) is 0.375. The summed E-state index contributed by atoms with van der Waals surface area (Å²) in [4.78, 5) is 9.29. The van der Waals surface area contributed by atoms with Gasteiger partial charge in [0.2, 0.25) is 0 Å². The van der Waals surface area contributed by atoms with Gasteiger partial charge in [-0.15, -0.1) is 0 Å². The topological polar surface area (TPSA) is 37.8 Å². The van der Waals surface area contributed by atoms with Crippen LogP contribution in [0.2, 0.25) is 0 Å². The Balaban J connectivity index is 2.15. The Morgan fingerprint density at radius 2 is 1.95 bits per heavy atom. The van der Waals surface area contributed by atoms with Gasteiger partial charge in [-0.1, -0.05) is 0 Å². The van der Waals surface area contributed by atoms with E-state index in [0.29, 0.717) is 11.5 Å². The number of aromatic nitrogens is 2. The number of nitrogens with zero attached hydrogens (tertiary/aromatic N) is 2. The zero-order chi connectivity index (χ0) is 14.3. The van der Waals surface area contributed by atoms with E-state index in [1.54, 1.807) is 13.0 Å². The second-order valence-electron chi connectivity index (χ2n) is 5.39. The van der Waals surface area contributed by atoms with Crippen molar-refractivity contribution in [2.24, 2.45) is 0 Å². The highest BCUT2D eigenvalue weighted by atomic mass is 19.1. The van der Waals surface area contributed by atoms with Gasteiger partial charge in [0.15, 0.2) is 0 Å². The van der Waals surface area contributed by atoms with Crippen molar-refractivity contribution >= 4 is 5.82 Å². The molecule has 1 aliphatic carbocycles. The van der Waals surface area contributed by atoms with Gasteiger partial charge in [0.05, 0.1) is 5.69 Å². The summed E-state index contributed by atoms with van der Waals surface area (Å²) in [6, 6.07) is 5.14. The summed E-state index contributed by atoms with van der Waals surface area (Å²) >= 11 is 0. The molecule has 1 aromatic heterocycles. The number of aryl methyl sites for hydroxylation is 1. The van der Waals surface area contributed by atoms with Crippen molar-refractivity contribution in [3.63, 3.8) is 0 Å². The molecule has 0 unspecified atom stereocenters. The summed E-state index contributed by atoms with van der Waals surface area (Å²) < 4.78 is 13.4. The molecular weight excluding hydrogens is 253 g/mol. The van der Waals surface area contributed by atoms with Crippen molar-refractivity contribution in [3.05, 3.63) is 41.0 Å². The van der Waals surface area contributed by atoms with E-state index in [0.717, 1.165) is 41.3 Å². The SMILES string of the molecule is CNc1nc(C2CC2)nc(-c2ccc(F)c(C)c2)c1C. The third-order valence-electron chi connectivity index (χ3n) is 3.77. The molecular formula is C16H18FN3. The van der Waals surface area contributed by atoms with Gasteiger partial charge < -0.3 is 5.32 Å². The van der Waals surface area contributed by atoms with Crippen LogP contribution in [0.3, 0.4) is 0 Å². The minimum Gasteiger partial charge on any atom is -0.373 e. The standard InChI is InChI=1S/C16H18FN3/c1-9-8-12(6-7-13(9)17)14-10(2)15(18-3)20-16(19-14)11-4-5-11/h6-8,11H,4-5H2,1-3H3,(H,18,19,20). The molecule has 1 aromatic carbocycles. The van der Waals surface area contributed by atoms with E-state index in [1.165, 1.54) is 6.07 Å². The quantitative estimate of drug-likeness (QED) is 0.922. The maximum absolute atomic E-state index is 13.4. The van der Waals surface area contributed by atoms with E-state index < -0.39 is 0 Å². The van der Waals surface area contributed by atoms with Gasteiger partial charge >= 0.3 is 0 Å². The Morgan fingerprint density at radius 3 is 2.55 bits per heavy atom. The first-order valence-electron chi connectivity index (χ1n) is 6.93. The van der Waals surface area contributed by atoms with Gasteiger partial charge in [-0.2, -0.15) is 0 Å². The number of nitrogens with one attached hydrogen (secondary N) is 1. The number of halogens is 1. The number of hydrogen-bond donors (Lipinski definition) is 1. The fourth-order valence-electron chi connectivity index (χ4n) is 2.37. The van der Waals surface area contributed by atoms with Crippen molar-refractivity contribution < 1.29 is 4.39 Å². The van der Waals surface area contributed by atoms with Gasteiger partial charge in [0.25, 0.3) is 0 Å². The van der Waals surface area contributed by atoms with E-state index in [4.69, 9.17) is 4.98 Å². The van der Waals surface area contributed by atoms with E-state index in [2.05, 4.69) is 10.3 Å². The van der Waals surface area contributed by atoms with E-state index in [1.807, 2.05) is 20.0 Å². The van der Waals surface area contributed by atoms with Crippen LogP contribution in [0.4, 0.5) is 10.2 Å². The number of anilines is 1. The molecule has 0 spiro atoms. The summed E-state index contributed by atoms with van der Waals surface area (Å²) in [5.41, 5.74) is 3.49. The molecule has 1 fully saturated rings.